The van der Waals surface area contributed by atoms with E-state index in [0.717, 1.165) is 0 Å². The second-order valence-electron chi connectivity index (χ2n) is 9.23. The lowest BCUT2D eigenvalue weighted by Gasteiger charge is -2.39. The van der Waals surface area contributed by atoms with Crippen LogP contribution in [0, 0.1) is 11.8 Å². The average molecular weight is 487 g/mol. The number of anilines is 1. The van der Waals surface area contributed by atoms with Gasteiger partial charge in [-0.05, 0) is 50.5 Å². The van der Waals surface area contributed by atoms with Crippen molar-refractivity contribution in [2.75, 3.05) is 31.8 Å². The first kappa shape index (κ1) is 25.2. The maximum atomic E-state index is 14.3. The Morgan fingerprint density at radius 1 is 1.34 bits per heavy atom. The summed E-state index contributed by atoms with van der Waals surface area (Å²) in [4.78, 5) is 44.1. The number of amides is 2. The maximum Gasteiger partial charge on any atom is 0.312 e. The molecule has 3 aliphatic rings. The van der Waals surface area contributed by atoms with Crippen LogP contribution in [-0.4, -0.2) is 78.4 Å². The third-order valence-corrected chi connectivity index (χ3v) is 7.57. The van der Waals surface area contributed by atoms with E-state index >= 15 is 0 Å². The van der Waals surface area contributed by atoms with Crippen LogP contribution in [0.3, 0.4) is 0 Å². The monoisotopic (exact) mass is 486 g/mol. The number of aliphatic hydroxyl groups excluding tert-OH is 1. The van der Waals surface area contributed by atoms with Gasteiger partial charge in [-0.2, -0.15) is 0 Å². The predicted molar refractivity (Wildman–Crippen MR) is 128 cm³/mol. The number of carbonyl (C=O) groups excluding carboxylic acids is 3. The van der Waals surface area contributed by atoms with E-state index in [2.05, 4.69) is 6.58 Å². The molecule has 3 aliphatic heterocycles. The molecule has 0 aliphatic carbocycles. The van der Waals surface area contributed by atoms with E-state index in [9.17, 15) is 19.5 Å². The predicted octanol–water partition coefficient (Wildman–Crippen LogP) is 1.92. The molecule has 9 heteroatoms. The summed E-state index contributed by atoms with van der Waals surface area (Å²) in [6.45, 7) is 7.49. The van der Waals surface area contributed by atoms with Gasteiger partial charge in [0, 0.05) is 12.2 Å². The number of nitrogens with zero attached hydrogens (tertiary/aromatic N) is 2. The van der Waals surface area contributed by atoms with Crippen molar-refractivity contribution in [3.63, 3.8) is 0 Å². The topological polar surface area (TPSA) is 106 Å². The Morgan fingerprint density at radius 3 is 2.63 bits per heavy atom. The highest BCUT2D eigenvalue weighted by Crippen LogP contribution is 2.59. The van der Waals surface area contributed by atoms with E-state index in [4.69, 9.17) is 14.2 Å². The number of fused-ring (bicyclic) bond motifs is 1. The number of likely N-dealkylation sites (tertiary alicyclic amines) is 1. The highest BCUT2D eigenvalue weighted by molar-refractivity contribution is 6.04. The summed E-state index contributed by atoms with van der Waals surface area (Å²) in [5.41, 5.74) is -0.528. The van der Waals surface area contributed by atoms with Crippen LogP contribution in [0.5, 0.6) is 5.75 Å². The van der Waals surface area contributed by atoms with Gasteiger partial charge in [0.15, 0.2) is 0 Å². The molecule has 6 atom stereocenters. The van der Waals surface area contributed by atoms with E-state index in [-0.39, 0.29) is 31.6 Å². The molecule has 2 bridgehead atoms. The van der Waals surface area contributed by atoms with E-state index < -0.39 is 41.6 Å². The molecule has 0 saturated carbocycles. The minimum Gasteiger partial charge on any atom is -0.497 e. The summed E-state index contributed by atoms with van der Waals surface area (Å²) in [5.74, 6) is -2.07. The fraction of sp³-hybridized carbons (Fsp3) is 0.577. The van der Waals surface area contributed by atoms with Gasteiger partial charge < -0.3 is 29.1 Å². The lowest BCUT2D eigenvalue weighted by atomic mass is 9.70. The van der Waals surface area contributed by atoms with Crippen LogP contribution in [0.25, 0.3) is 0 Å². The largest absolute Gasteiger partial charge is 0.497 e. The molecule has 9 nitrogen and oxygen atoms in total. The fourth-order valence-corrected chi connectivity index (χ4v) is 6.05. The van der Waals surface area contributed by atoms with Crippen LogP contribution in [0.2, 0.25) is 0 Å². The zero-order valence-corrected chi connectivity index (χ0v) is 20.5. The number of benzene rings is 1. The van der Waals surface area contributed by atoms with Crippen molar-refractivity contribution in [1.29, 1.82) is 0 Å². The Bertz CT molecular complexity index is 976. The number of ether oxygens (including phenoxy) is 3. The highest BCUT2D eigenvalue weighted by Gasteiger charge is 2.75. The standard InChI is InChI=1S/C26H34N2O7/c1-5-14-27(17-8-10-18(33-4)11-9-17)24(31)22-26-13-12-19(35-26)20(25(32)34-7-3)21(26)23(30)28(22)16(6-2)15-29/h5,8-11,16,19-22,29H,1,6-7,12-15H2,2-4H3/t16-,19+,20-,21-,22+,26-/m0/s1. The summed E-state index contributed by atoms with van der Waals surface area (Å²) in [6.07, 6.45) is 2.64. The second-order valence-corrected chi connectivity index (χ2v) is 9.23. The summed E-state index contributed by atoms with van der Waals surface area (Å²) in [6, 6.07) is 5.50. The molecule has 1 aromatic carbocycles. The Hall–Kier alpha value is -2.91. The second kappa shape index (κ2) is 9.99. The van der Waals surface area contributed by atoms with Crippen LogP contribution >= 0.6 is 0 Å². The number of hydrogen-bond donors (Lipinski definition) is 1. The van der Waals surface area contributed by atoms with Gasteiger partial charge in [0.2, 0.25) is 5.91 Å². The molecular formula is C26H34N2O7. The van der Waals surface area contributed by atoms with Gasteiger partial charge in [0.25, 0.3) is 5.91 Å². The van der Waals surface area contributed by atoms with Crippen LogP contribution in [-0.2, 0) is 23.9 Å². The number of aliphatic hydroxyl groups is 1. The first-order chi connectivity index (χ1) is 16.9. The molecule has 2 amide bonds. The number of hydrogen-bond acceptors (Lipinski definition) is 7. The van der Waals surface area contributed by atoms with Gasteiger partial charge in [-0.3, -0.25) is 14.4 Å². The Kier molecular flexibility index (Phi) is 7.19. The van der Waals surface area contributed by atoms with Crippen molar-refractivity contribution in [1.82, 2.24) is 4.90 Å². The van der Waals surface area contributed by atoms with Crippen LogP contribution in [0.1, 0.15) is 33.1 Å². The highest BCUT2D eigenvalue weighted by atomic mass is 16.6. The minimum absolute atomic E-state index is 0.195. The lowest BCUT2D eigenvalue weighted by molar-refractivity contribution is -0.155. The van der Waals surface area contributed by atoms with Crippen LogP contribution in [0.15, 0.2) is 36.9 Å². The van der Waals surface area contributed by atoms with E-state index in [1.54, 1.807) is 49.3 Å². The molecule has 3 saturated heterocycles. The summed E-state index contributed by atoms with van der Waals surface area (Å²) < 4.78 is 16.9. The summed E-state index contributed by atoms with van der Waals surface area (Å²) in [5, 5.41) is 10.1. The molecule has 0 unspecified atom stereocenters. The quantitative estimate of drug-likeness (QED) is 0.398. The van der Waals surface area contributed by atoms with Crippen molar-refractivity contribution in [2.45, 2.75) is 56.9 Å². The molecule has 0 aromatic heterocycles. The van der Waals surface area contributed by atoms with Crippen LogP contribution < -0.4 is 9.64 Å². The third kappa shape index (κ3) is 3.90. The number of methoxy groups -OCH3 is 1. The normalized spacial score (nSPS) is 29.6. The molecule has 1 aromatic rings. The molecule has 3 heterocycles. The Balaban J connectivity index is 1.79. The number of carbonyl (C=O) groups is 3. The lowest BCUT2D eigenvalue weighted by Crippen LogP contribution is -2.59. The summed E-state index contributed by atoms with van der Waals surface area (Å²) in [7, 11) is 1.57. The van der Waals surface area contributed by atoms with Gasteiger partial charge >= 0.3 is 5.97 Å². The Morgan fingerprint density at radius 2 is 2.06 bits per heavy atom. The molecule has 0 radical (unpaired) electrons. The maximum absolute atomic E-state index is 14.3. The van der Waals surface area contributed by atoms with Gasteiger partial charge in [0.1, 0.15) is 17.4 Å². The van der Waals surface area contributed by atoms with Crippen molar-refractivity contribution < 1.29 is 33.7 Å². The van der Waals surface area contributed by atoms with E-state index in [1.807, 2.05) is 6.92 Å². The fourth-order valence-electron chi connectivity index (χ4n) is 6.05. The molecule has 190 valence electrons. The minimum atomic E-state index is -1.15. The van der Waals surface area contributed by atoms with Gasteiger partial charge in [-0.15, -0.1) is 6.58 Å². The Labute approximate surface area is 205 Å². The third-order valence-electron chi connectivity index (χ3n) is 7.57. The van der Waals surface area contributed by atoms with Gasteiger partial charge in [-0.1, -0.05) is 13.0 Å². The number of esters is 1. The van der Waals surface area contributed by atoms with Crippen molar-refractivity contribution in [3.8, 4) is 5.75 Å². The zero-order valence-electron chi connectivity index (χ0n) is 20.5. The molecule has 35 heavy (non-hydrogen) atoms. The molecule has 1 N–H and O–H groups in total. The van der Waals surface area contributed by atoms with E-state index in [0.29, 0.717) is 30.7 Å². The van der Waals surface area contributed by atoms with Gasteiger partial charge in [0.05, 0.1) is 44.3 Å². The van der Waals surface area contributed by atoms with Crippen molar-refractivity contribution in [3.05, 3.63) is 36.9 Å². The first-order valence-corrected chi connectivity index (χ1v) is 12.2. The SMILES string of the molecule is C=CCN(C(=O)[C@H]1N([C@@H](CC)CO)C(=O)[C@@H]2[C@@H](C(=O)OCC)[C@H]3CC[C@]21O3)c1ccc(OC)cc1. The molecular weight excluding hydrogens is 452 g/mol. The zero-order chi connectivity index (χ0) is 25.3. The average Bonchev–Trinajstić information content (AvgIpc) is 3.51. The van der Waals surface area contributed by atoms with Crippen molar-refractivity contribution in [2.24, 2.45) is 11.8 Å². The molecule has 3 fully saturated rings. The molecule has 1 spiro atoms. The smallest absolute Gasteiger partial charge is 0.312 e. The molecule has 4 rings (SSSR count). The first-order valence-electron chi connectivity index (χ1n) is 12.2. The van der Waals surface area contributed by atoms with Crippen molar-refractivity contribution >= 4 is 23.5 Å². The van der Waals surface area contributed by atoms with Crippen LogP contribution in [0.4, 0.5) is 5.69 Å². The van der Waals surface area contributed by atoms with Gasteiger partial charge in [-0.25, -0.2) is 0 Å². The van der Waals surface area contributed by atoms with E-state index in [1.165, 1.54) is 4.90 Å². The number of rotatable bonds is 10. The summed E-state index contributed by atoms with van der Waals surface area (Å²) >= 11 is 0.